The lowest BCUT2D eigenvalue weighted by Crippen LogP contribution is -2.18. The SMILES string of the molecule is CC(C)(O)c1nn(-c2cnccc2C(F)(F)F)c(-c2ccc(-c3cccc(S(C)(=O)=O)c3)s2)c1Cl. The molecule has 0 bridgehead atoms. The molecule has 4 aromatic rings. The van der Waals surface area contributed by atoms with Gasteiger partial charge in [-0.3, -0.25) is 4.98 Å². The monoisotopic (exact) mass is 541 g/mol. The van der Waals surface area contributed by atoms with Gasteiger partial charge in [-0.05, 0) is 49.7 Å². The maximum atomic E-state index is 13.8. The van der Waals surface area contributed by atoms with Crippen molar-refractivity contribution < 1.29 is 26.7 Å². The average molecular weight is 542 g/mol. The Hall–Kier alpha value is -2.73. The van der Waals surface area contributed by atoms with Crippen LogP contribution in [0.5, 0.6) is 0 Å². The second-order valence-corrected chi connectivity index (χ2v) is 11.8. The van der Waals surface area contributed by atoms with Crippen LogP contribution in [0.4, 0.5) is 13.2 Å². The molecule has 4 rings (SSSR count). The molecule has 0 radical (unpaired) electrons. The molecule has 3 aromatic heterocycles. The van der Waals surface area contributed by atoms with Crippen LogP contribution >= 0.6 is 22.9 Å². The van der Waals surface area contributed by atoms with E-state index in [4.69, 9.17) is 11.6 Å². The van der Waals surface area contributed by atoms with Crippen LogP contribution in [0.3, 0.4) is 0 Å². The zero-order chi connectivity index (χ0) is 25.8. The summed E-state index contributed by atoms with van der Waals surface area (Å²) in [5.41, 5.74) is -2.08. The van der Waals surface area contributed by atoms with E-state index >= 15 is 0 Å². The Morgan fingerprint density at radius 2 is 1.77 bits per heavy atom. The molecular weight excluding hydrogens is 523 g/mol. The largest absolute Gasteiger partial charge is 0.418 e. The summed E-state index contributed by atoms with van der Waals surface area (Å²) in [6, 6.07) is 10.6. The van der Waals surface area contributed by atoms with Crippen molar-refractivity contribution in [3.63, 3.8) is 0 Å². The van der Waals surface area contributed by atoms with Gasteiger partial charge >= 0.3 is 6.18 Å². The maximum absolute atomic E-state index is 13.8. The molecule has 1 aromatic carbocycles. The third-order valence-electron chi connectivity index (χ3n) is 5.13. The third kappa shape index (κ3) is 4.99. The van der Waals surface area contributed by atoms with E-state index in [1.807, 2.05) is 0 Å². The summed E-state index contributed by atoms with van der Waals surface area (Å²) in [6.07, 6.45) is -1.51. The minimum atomic E-state index is -4.68. The number of hydrogen-bond acceptors (Lipinski definition) is 6. The van der Waals surface area contributed by atoms with E-state index < -0.39 is 27.2 Å². The van der Waals surface area contributed by atoms with Crippen molar-refractivity contribution in [1.29, 1.82) is 0 Å². The van der Waals surface area contributed by atoms with Crippen molar-refractivity contribution in [1.82, 2.24) is 14.8 Å². The van der Waals surface area contributed by atoms with E-state index in [1.165, 1.54) is 37.3 Å². The first-order valence-electron chi connectivity index (χ1n) is 10.1. The lowest BCUT2D eigenvalue weighted by Gasteiger charge is -2.15. The molecule has 12 heteroatoms. The van der Waals surface area contributed by atoms with Crippen molar-refractivity contribution in [2.24, 2.45) is 0 Å². The second-order valence-electron chi connectivity index (χ2n) is 8.34. The summed E-state index contributed by atoms with van der Waals surface area (Å²) in [4.78, 5) is 5.11. The summed E-state index contributed by atoms with van der Waals surface area (Å²) in [6.45, 7) is 2.86. The van der Waals surface area contributed by atoms with Gasteiger partial charge in [-0.15, -0.1) is 11.3 Å². The van der Waals surface area contributed by atoms with Crippen LogP contribution < -0.4 is 0 Å². The van der Waals surface area contributed by atoms with Gasteiger partial charge in [0.25, 0.3) is 0 Å². The molecule has 6 nitrogen and oxygen atoms in total. The average Bonchev–Trinajstić information content (AvgIpc) is 3.37. The highest BCUT2D eigenvalue weighted by Gasteiger charge is 2.37. The van der Waals surface area contributed by atoms with Crippen molar-refractivity contribution in [3.8, 4) is 26.7 Å². The number of nitrogens with zero attached hydrogens (tertiary/aromatic N) is 3. The minimum Gasteiger partial charge on any atom is -0.384 e. The van der Waals surface area contributed by atoms with E-state index in [2.05, 4.69) is 10.1 Å². The van der Waals surface area contributed by atoms with Crippen molar-refractivity contribution >= 4 is 32.8 Å². The predicted molar refractivity (Wildman–Crippen MR) is 128 cm³/mol. The summed E-state index contributed by atoms with van der Waals surface area (Å²) in [7, 11) is -3.43. The van der Waals surface area contributed by atoms with E-state index in [0.29, 0.717) is 15.3 Å². The quantitative estimate of drug-likeness (QED) is 0.337. The first kappa shape index (κ1) is 25.4. The van der Waals surface area contributed by atoms with Gasteiger partial charge in [0, 0.05) is 17.3 Å². The number of aromatic nitrogens is 3. The molecular formula is C23H19ClF3N3O3S2. The molecule has 0 atom stereocenters. The molecule has 0 spiro atoms. The zero-order valence-corrected chi connectivity index (χ0v) is 21.0. The molecule has 3 heterocycles. The summed E-state index contributed by atoms with van der Waals surface area (Å²) in [5, 5.41) is 14.8. The van der Waals surface area contributed by atoms with Crippen LogP contribution in [0, 0.1) is 0 Å². The van der Waals surface area contributed by atoms with Crippen LogP contribution in [0.25, 0.3) is 26.7 Å². The first-order valence-corrected chi connectivity index (χ1v) is 13.2. The molecule has 0 saturated carbocycles. The number of thiophene rings is 1. The number of halogens is 4. The molecule has 184 valence electrons. The standard InChI is InChI=1S/C23H19ClF3N3O3S2/c1-22(2,31)21-19(24)20(30(29-21)16-12-28-10-9-15(16)23(25,26)27)18-8-7-17(34-18)13-5-4-6-14(11-13)35(3,32)33/h4-12,31H,1-3H3. The number of aliphatic hydroxyl groups is 1. The van der Waals surface area contributed by atoms with E-state index in [0.717, 1.165) is 29.4 Å². The van der Waals surface area contributed by atoms with Gasteiger partial charge in [0.2, 0.25) is 0 Å². The number of sulfone groups is 1. The summed E-state index contributed by atoms with van der Waals surface area (Å²) >= 11 is 7.78. The van der Waals surface area contributed by atoms with E-state index in [9.17, 15) is 26.7 Å². The summed E-state index contributed by atoms with van der Waals surface area (Å²) in [5.74, 6) is 0. The van der Waals surface area contributed by atoms with E-state index in [1.54, 1.807) is 24.3 Å². The Balaban J connectivity index is 1.94. The molecule has 0 fully saturated rings. The molecule has 0 saturated heterocycles. The molecule has 0 unspecified atom stereocenters. The Morgan fingerprint density at radius 3 is 2.40 bits per heavy atom. The Labute approximate surface area is 208 Å². The Bertz CT molecular complexity index is 1520. The van der Waals surface area contributed by atoms with Gasteiger partial charge < -0.3 is 5.11 Å². The number of rotatable bonds is 5. The van der Waals surface area contributed by atoms with Crippen LogP contribution in [0.1, 0.15) is 25.1 Å². The van der Waals surface area contributed by atoms with Gasteiger partial charge in [-0.2, -0.15) is 18.3 Å². The van der Waals surface area contributed by atoms with Gasteiger partial charge in [0.1, 0.15) is 17.0 Å². The minimum absolute atomic E-state index is 0.000156. The van der Waals surface area contributed by atoms with Gasteiger partial charge in [0.05, 0.1) is 32.2 Å². The van der Waals surface area contributed by atoms with Crippen molar-refractivity contribution in [2.75, 3.05) is 6.26 Å². The van der Waals surface area contributed by atoms with Crippen LogP contribution in [-0.4, -0.2) is 34.5 Å². The smallest absolute Gasteiger partial charge is 0.384 e. The van der Waals surface area contributed by atoms with Crippen LogP contribution in [0.2, 0.25) is 5.02 Å². The highest BCUT2D eigenvalue weighted by molar-refractivity contribution is 7.90. The van der Waals surface area contributed by atoms with Gasteiger partial charge in [0.15, 0.2) is 9.84 Å². The number of hydrogen-bond donors (Lipinski definition) is 1. The van der Waals surface area contributed by atoms with Crippen molar-refractivity contribution in [2.45, 2.75) is 30.5 Å². The van der Waals surface area contributed by atoms with Crippen LogP contribution in [-0.2, 0) is 21.6 Å². The molecule has 0 aliphatic rings. The number of benzene rings is 1. The predicted octanol–water partition coefficient (Wildman–Crippen LogP) is 5.97. The summed E-state index contributed by atoms with van der Waals surface area (Å²) < 4.78 is 66.3. The Morgan fingerprint density at radius 1 is 1.09 bits per heavy atom. The maximum Gasteiger partial charge on any atom is 0.418 e. The first-order chi connectivity index (χ1) is 16.2. The molecule has 0 aliphatic carbocycles. The lowest BCUT2D eigenvalue weighted by atomic mass is 10.1. The highest BCUT2D eigenvalue weighted by atomic mass is 35.5. The molecule has 0 amide bonds. The van der Waals surface area contributed by atoms with Crippen LogP contribution in [0.15, 0.2) is 59.8 Å². The lowest BCUT2D eigenvalue weighted by molar-refractivity contribution is -0.137. The topological polar surface area (TPSA) is 85.1 Å². The molecule has 1 N–H and O–H groups in total. The molecule has 0 aliphatic heterocycles. The number of alkyl halides is 3. The number of pyridine rings is 1. The van der Waals surface area contributed by atoms with Gasteiger partial charge in [-0.1, -0.05) is 23.7 Å². The normalized spacial score (nSPS) is 12.8. The fourth-order valence-corrected chi connectivity index (χ4v) is 5.68. The molecule has 35 heavy (non-hydrogen) atoms. The Kier molecular flexibility index (Phi) is 6.33. The van der Waals surface area contributed by atoms with Gasteiger partial charge in [-0.25, -0.2) is 13.1 Å². The second kappa shape index (κ2) is 8.74. The van der Waals surface area contributed by atoms with E-state index in [-0.39, 0.29) is 27.0 Å². The van der Waals surface area contributed by atoms with Crippen molar-refractivity contribution in [3.05, 3.63) is 71.1 Å². The highest BCUT2D eigenvalue weighted by Crippen LogP contribution is 2.44. The third-order valence-corrected chi connectivity index (χ3v) is 7.74. The zero-order valence-electron chi connectivity index (χ0n) is 18.6. The fraction of sp³-hybridized carbons (Fsp3) is 0.217. The fourth-order valence-electron chi connectivity index (χ4n) is 3.47.